The van der Waals surface area contributed by atoms with Crippen molar-refractivity contribution in [2.24, 2.45) is 0 Å². The van der Waals surface area contributed by atoms with E-state index in [1.807, 2.05) is 13.8 Å². The third-order valence-electron chi connectivity index (χ3n) is 4.01. The number of imide groups is 1. The van der Waals surface area contributed by atoms with Crippen molar-refractivity contribution in [1.82, 2.24) is 0 Å². The molecule has 2 aromatic rings. The first-order valence-electron chi connectivity index (χ1n) is 7.91. The van der Waals surface area contributed by atoms with E-state index in [2.05, 4.69) is 5.32 Å². The highest BCUT2D eigenvalue weighted by molar-refractivity contribution is 6.34. The Morgan fingerprint density at radius 2 is 1.67 bits per heavy atom. The van der Waals surface area contributed by atoms with Crippen molar-refractivity contribution >= 4 is 29.1 Å². The van der Waals surface area contributed by atoms with Crippen molar-refractivity contribution in [3.05, 3.63) is 59.2 Å². The molecular formula is C19H18N2O3. The van der Waals surface area contributed by atoms with E-state index in [0.717, 1.165) is 12.0 Å². The smallest absolute Gasteiger partial charge is 0.266 e. The van der Waals surface area contributed by atoms with Crippen LogP contribution in [0.25, 0.3) is 0 Å². The Balaban J connectivity index is 1.89. The van der Waals surface area contributed by atoms with Crippen LogP contribution in [0.15, 0.2) is 42.5 Å². The molecule has 1 aliphatic rings. The molecule has 2 aromatic carbocycles. The molecule has 0 aromatic heterocycles. The highest BCUT2D eigenvalue weighted by atomic mass is 16.2. The summed E-state index contributed by atoms with van der Waals surface area (Å²) in [5.74, 6) is -0.690. The molecule has 5 nitrogen and oxygen atoms in total. The van der Waals surface area contributed by atoms with Crippen LogP contribution < -0.4 is 10.2 Å². The summed E-state index contributed by atoms with van der Waals surface area (Å²) in [6, 6.07) is 11.9. The predicted molar refractivity (Wildman–Crippen MR) is 92.3 cm³/mol. The topological polar surface area (TPSA) is 66.5 Å². The number of hydrogen-bond acceptors (Lipinski definition) is 3. The van der Waals surface area contributed by atoms with Gasteiger partial charge in [0.1, 0.15) is 0 Å². The number of hydrogen-bond donors (Lipinski definition) is 1. The molecule has 24 heavy (non-hydrogen) atoms. The van der Waals surface area contributed by atoms with Crippen LogP contribution in [-0.4, -0.2) is 17.7 Å². The molecule has 1 heterocycles. The Bertz CT molecular complexity index is 807. The van der Waals surface area contributed by atoms with Gasteiger partial charge in [-0.3, -0.25) is 14.4 Å². The van der Waals surface area contributed by atoms with Gasteiger partial charge in [-0.1, -0.05) is 19.1 Å². The molecule has 0 fully saturated rings. The average molecular weight is 322 g/mol. The van der Waals surface area contributed by atoms with Crippen LogP contribution >= 0.6 is 0 Å². The maximum absolute atomic E-state index is 12.5. The summed E-state index contributed by atoms with van der Waals surface area (Å²) in [6.07, 6.45) is 1.23. The van der Waals surface area contributed by atoms with Crippen molar-refractivity contribution in [1.29, 1.82) is 0 Å². The van der Waals surface area contributed by atoms with Gasteiger partial charge in [-0.05, 0) is 49.2 Å². The maximum Gasteiger partial charge on any atom is 0.266 e. The fourth-order valence-electron chi connectivity index (χ4n) is 2.79. The Morgan fingerprint density at radius 3 is 2.21 bits per heavy atom. The molecule has 0 unspecified atom stereocenters. The van der Waals surface area contributed by atoms with Gasteiger partial charge in [0.25, 0.3) is 11.8 Å². The molecule has 0 bridgehead atoms. The third kappa shape index (κ3) is 2.69. The lowest BCUT2D eigenvalue weighted by Gasteiger charge is -2.16. The zero-order valence-corrected chi connectivity index (χ0v) is 13.6. The van der Waals surface area contributed by atoms with E-state index < -0.39 is 0 Å². The highest BCUT2D eigenvalue weighted by Gasteiger charge is 2.36. The Hall–Kier alpha value is -2.95. The van der Waals surface area contributed by atoms with Crippen LogP contribution in [0.5, 0.6) is 0 Å². The predicted octanol–water partition coefficient (Wildman–Crippen LogP) is 3.53. The van der Waals surface area contributed by atoms with E-state index >= 15 is 0 Å². The summed E-state index contributed by atoms with van der Waals surface area (Å²) >= 11 is 0. The van der Waals surface area contributed by atoms with Crippen LogP contribution in [0.1, 0.15) is 46.0 Å². The molecule has 5 heteroatoms. The molecular weight excluding hydrogens is 304 g/mol. The molecule has 1 aliphatic heterocycles. The molecule has 0 saturated carbocycles. The average Bonchev–Trinajstić information content (AvgIpc) is 2.82. The zero-order chi connectivity index (χ0) is 17.3. The summed E-state index contributed by atoms with van der Waals surface area (Å²) < 4.78 is 0. The molecule has 0 aliphatic carbocycles. The van der Waals surface area contributed by atoms with Gasteiger partial charge in [0.05, 0.1) is 16.8 Å². The summed E-state index contributed by atoms with van der Waals surface area (Å²) in [7, 11) is 0. The lowest BCUT2D eigenvalue weighted by molar-refractivity contribution is -0.116. The summed E-state index contributed by atoms with van der Waals surface area (Å²) in [5, 5.41) is 2.84. The van der Waals surface area contributed by atoms with Gasteiger partial charge in [-0.15, -0.1) is 0 Å². The first-order valence-corrected chi connectivity index (χ1v) is 7.91. The number of aryl methyl sites for hydroxylation is 1. The fraction of sp³-hybridized carbons (Fsp3) is 0.211. The number of carbonyl (C=O) groups is 3. The molecule has 0 saturated heterocycles. The van der Waals surface area contributed by atoms with Crippen molar-refractivity contribution in [2.45, 2.75) is 26.7 Å². The zero-order valence-electron chi connectivity index (χ0n) is 13.6. The minimum absolute atomic E-state index is 0.0471. The van der Waals surface area contributed by atoms with Gasteiger partial charge in [-0.2, -0.15) is 0 Å². The van der Waals surface area contributed by atoms with E-state index in [9.17, 15) is 14.4 Å². The third-order valence-corrected chi connectivity index (χ3v) is 4.01. The summed E-state index contributed by atoms with van der Waals surface area (Å²) in [5.41, 5.74) is 2.83. The highest BCUT2D eigenvalue weighted by Crippen LogP contribution is 2.30. The van der Waals surface area contributed by atoms with Crippen LogP contribution in [0, 0.1) is 6.92 Å². The normalized spacial score (nSPS) is 13.2. The van der Waals surface area contributed by atoms with Gasteiger partial charge >= 0.3 is 0 Å². The van der Waals surface area contributed by atoms with Crippen LogP contribution in [0.4, 0.5) is 11.4 Å². The van der Waals surface area contributed by atoms with E-state index in [1.165, 1.54) is 4.90 Å². The monoisotopic (exact) mass is 322 g/mol. The number of nitrogens with zero attached hydrogens (tertiary/aromatic N) is 1. The molecule has 3 rings (SSSR count). The number of amides is 3. The van der Waals surface area contributed by atoms with E-state index in [-0.39, 0.29) is 17.7 Å². The number of anilines is 2. The number of nitrogens with one attached hydrogen (secondary N) is 1. The van der Waals surface area contributed by atoms with E-state index in [0.29, 0.717) is 28.9 Å². The second-order valence-corrected chi connectivity index (χ2v) is 5.79. The van der Waals surface area contributed by atoms with Gasteiger partial charge in [-0.25, -0.2) is 4.90 Å². The van der Waals surface area contributed by atoms with Gasteiger partial charge in [0.2, 0.25) is 5.91 Å². The quantitative estimate of drug-likeness (QED) is 0.876. The number of benzene rings is 2. The minimum atomic E-state index is -0.322. The standard InChI is InChI=1S/C19H18N2O3/c1-3-6-17(22)20-16-10-9-13(11-12(16)2)21-18(23)14-7-4-5-8-15(14)19(21)24/h4-5,7-11H,3,6H2,1-2H3,(H,20,22). The fourth-order valence-corrected chi connectivity index (χ4v) is 2.79. The summed E-state index contributed by atoms with van der Waals surface area (Å²) in [6.45, 7) is 3.78. The van der Waals surface area contributed by atoms with E-state index in [1.54, 1.807) is 42.5 Å². The molecule has 0 atom stereocenters. The second-order valence-electron chi connectivity index (χ2n) is 5.79. The van der Waals surface area contributed by atoms with Crippen molar-refractivity contribution in [3.8, 4) is 0 Å². The second kappa shape index (κ2) is 6.28. The van der Waals surface area contributed by atoms with Crippen molar-refractivity contribution < 1.29 is 14.4 Å². The molecule has 122 valence electrons. The van der Waals surface area contributed by atoms with Crippen molar-refractivity contribution in [3.63, 3.8) is 0 Å². The summed E-state index contributed by atoms with van der Waals surface area (Å²) in [4.78, 5) is 37.9. The van der Waals surface area contributed by atoms with Crippen molar-refractivity contribution in [2.75, 3.05) is 10.2 Å². The van der Waals surface area contributed by atoms with Crippen LogP contribution in [0.3, 0.4) is 0 Å². The first-order chi connectivity index (χ1) is 11.5. The number of carbonyl (C=O) groups excluding carboxylic acids is 3. The Morgan fingerprint density at radius 1 is 1.04 bits per heavy atom. The molecule has 0 spiro atoms. The van der Waals surface area contributed by atoms with E-state index in [4.69, 9.17) is 0 Å². The lowest BCUT2D eigenvalue weighted by atomic mass is 10.1. The van der Waals surface area contributed by atoms with Gasteiger partial charge in [0, 0.05) is 12.1 Å². The van der Waals surface area contributed by atoms with Crippen LogP contribution in [-0.2, 0) is 4.79 Å². The molecule has 1 N–H and O–H groups in total. The van der Waals surface area contributed by atoms with Gasteiger partial charge in [0.15, 0.2) is 0 Å². The number of rotatable bonds is 4. The maximum atomic E-state index is 12.5. The van der Waals surface area contributed by atoms with Crippen LogP contribution in [0.2, 0.25) is 0 Å². The first kappa shape index (κ1) is 15.9. The largest absolute Gasteiger partial charge is 0.326 e. The SMILES string of the molecule is CCCC(=O)Nc1ccc(N2C(=O)c3ccccc3C2=O)cc1C. The molecule has 3 amide bonds. The molecule has 0 radical (unpaired) electrons. The lowest BCUT2D eigenvalue weighted by Crippen LogP contribution is -2.29. The Kier molecular flexibility index (Phi) is 4.16. The number of fused-ring (bicyclic) bond motifs is 1. The van der Waals surface area contributed by atoms with Gasteiger partial charge < -0.3 is 5.32 Å². The Labute approximate surface area is 140 Å². The minimum Gasteiger partial charge on any atom is -0.326 e.